The first kappa shape index (κ1) is 23.1. The topological polar surface area (TPSA) is 86.5 Å². The van der Waals surface area contributed by atoms with Crippen LogP contribution in [0.2, 0.25) is 0 Å². The van der Waals surface area contributed by atoms with Crippen LogP contribution in [0.15, 0.2) is 12.2 Å². The van der Waals surface area contributed by atoms with Gasteiger partial charge in [-0.05, 0) is 32.1 Å². The van der Waals surface area contributed by atoms with E-state index in [9.17, 15) is 13.2 Å². The normalized spacial score (nSPS) is 11.9. The monoisotopic (exact) mass is 361 g/mol. The number of rotatable bonds is 16. The van der Waals surface area contributed by atoms with E-state index in [0.717, 1.165) is 32.1 Å². The maximum absolute atomic E-state index is 11.1. The molecule has 0 heterocycles. The van der Waals surface area contributed by atoms with Crippen LogP contribution < -0.4 is 5.14 Å². The number of carbonyl (C=O) groups excluding carboxylic acids is 1. The van der Waals surface area contributed by atoms with E-state index in [1.54, 1.807) is 0 Å². The van der Waals surface area contributed by atoms with Crippen LogP contribution in [-0.4, -0.2) is 14.4 Å². The Hall–Kier alpha value is -0.880. The molecule has 142 valence electrons. The molecule has 2 N–H and O–H groups in total. The average Bonchev–Trinajstić information content (AvgIpc) is 2.49. The van der Waals surface area contributed by atoms with E-state index in [1.165, 1.54) is 44.9 Å². The molecule has 0 atom stereocenters. The van der Waals surface area contributed by atoms with E-state index in [4.69, 9.17) is 0 Å². The van der Waals surface area contributed by atoms with Gasteiger partial charge in [0.15, 0.2) is 0 Å². The average molecular weight is 362 g/mol. The molecule has 24 heavy (non-hydrogen) atoms. The molecule has 0 aromatic rings. The number of hydrogen-bond acceptors (Lipinski definition) is 4. The van der Waals surface area contributed by atoms with Crippen LogP contribution in [0.4, 0.5) is 0 Å². The first-order valence-corrected chi connectivity index (χ1v) is 10.8. The zero-order chi connectivity index (χ0) is 18.1. The summed E-state index contributed by atoms with van der Waals surface area (Å²) in [7, 11) is -4.15. The summed E-state index contributed by atoms with van der Waals surface area (Å²) in [5.41, 5.74) is 0. The third-order valence-electron chi connectivity index (χ3n) is 3.85. The van der Waals surface area contributed by atoms with Crippen molar-refractivity contribution in [3.05, 3.63) is 12.2 Å². The zero-order valence-corrected chi connectivity index (χ0v) is 16.0. The van der Waals surface area contributed by atoms with Gasteiger partial charge in [0.05, 0.1) is 0 Å². The lowest BCUT2D eigenvalue weighted by atomic mass is 10.1. The van der Waals surface area contributed by atoms with Gasteiger partial charge in [-0.15, -0.1) is 0 Å². The van der Waals surface area contributed by atoms with Gasteiger partial charge in [0, 0.05) is 6.42 Å². The molecule has 0 aromatic carbocycles. The maximum Gasteiger partial charge on any atom is 0.382 e. The van der Waals surface area contributed by atoms with E-state index in [0.29, 0.717) is 6.42 Å². The van der Waals surface area contributed by atoms with Gasteiger partial charge in [-0.1, -0.05) is 70.4 Å². The van der Waals surface area contributed by atoms with Gasteiger partial charge >= 0.3 is 16.3 Å². The molecule has 0 unspecified atom stereocenters. The minimum absolute atomic E-state index is 0.106. The van der Waals surface area contributed by atoms with Gasteiger partial charge in [0.25, 0.3) is 0 Å². The van der Waals surface area contributed by atoms with Crippen molar-refractivity contribution in [1.29, 1.82) is 0 Å². The number of carbonyl (C=O) groups is 1. The van der Waals surface area contributed by atoms with Crippen LogP contribution in [-0.2, 0) is 19.3 Å². The summed E-state index contributed by atoms with van der Waals surface area (Å²) in [5, 5.41) is 4.62. The van der Waals surface area contributed by atoms with E-state index in [2.05, 4.69) is 28.4 Å². The van der Waals surface area contributed by atoms with Crippen LogP contribution in [0.25, 0.3) is 0 Å². The summed E-state index contributed by atoms with van der Waals surface area (Å²) in [4.78, 5) is 11.1. The summed E-state index contributed by atoms with van der Waals surface area (Å²) in [6.45, 7) is 2.24. The van der Waals surface area contributed by atoms with Crippen molar-refractivity contribution < 1.29 is 17.4 Å². The SMILES string of the molecule is CCCCCCCC/C=C\CCCCCCCC(=O)OS(N)(=O)=O. The smallest absolute Gasteiger partial charge is 0.334 e. The predicted octanol–water partition coefficient (Wildman–Crippen LogP) is 4.77. The molecule has 0 rings (SSSR count). The fourth-order valence-electron chi connectivity index (χ4n) is 2.51. The Balaban J connectivity index is 3.27. The molecule has 0 radical (unpaired) electrons. The van der Waals surface area contributed by atoms with Crippen LogP contribution in [0.5, 0.6) is 0 Å². The van der Waals surface area contributed by atoms with E-state index < -0.39 is 16.3 Å². The second kappa shape index (κ2) is 15.6. The number of allylic oxidation sites excluding steroid dienone is 2. The molecule has 0 aliphatic rings. The number of hydrogen-bond donors (Lipinski definition) is 1. The first-order chi connectivity index (χ1) is 11.5. The molecule has 0 aromatic heterocycles. The van der Waals surface area contributed by atoms with Gasteiger partial charge < -0.3 is 4.18 Å². The summed E-state index contributed by atoms with van der Waals surface area (Å²) in [6, 6.07) is 0. The van der Waals surface area contributed by atoms with Crippen LogP contribution in [0.3, 0.4) is 0 Å². The fraction of sp³-hybridized carbons (Fsp3) is 0.833. The van der Waals surface area contributed by atoms with Crippen LogP contribution in [0, 0.1) is 0 Å². The summed E-state index contributed by atoms with van der Waals surface area (Å²) < 4.78 is 25.1. The van der Waals surface area contributed by atoms with E-state index in [-0.39, 0.29) is 6.42 Å². The van der Waals surface area contributed by atoms with Gasteiger partial charge in [-0.3, -0.25) is 4.79 Å². The van der Waals surface area contributed by atoms with Crippen LogP contribution in [0.1, 0.15) is 96.8 Å². The molecule has 0 fully saturated rings. The number of nitrogens with two attached hydrogens (primary N) is 1. The lowest BCUT2D eigenvalue weighted by Gasteiger charge is -2.01. The van der Waals surface area contributed by atoms with Crippen molar-refractivity contribution in [3.63, 3.8) is 0 Å². The van der Waals surface area contributed by atoms with Gasteiger partial charge in [0.2, 0.25) is 0 Å². The Morgan fingerprint density at radius 3 is 1.79 bits per heavy atom. The molecule has 5 nitrogen and oxygen atoms in total. The number of unbranched alkanes of at least 4 members (excludes halogenated alkanes) is 11. The fourth-order valence-corrected chi connectivity index (χ4v) is 2.85. The standard InChI is InChI=1S/C18H35NO4S/c1-2-3-4-5-6-7-8-9-10-11-12-13-14-15-16-17-18(20)23-24(19,21)22/h9-10H,2-8,11-17H2,1H3,(H2,19,21,22)/b10-9-. The minimum Gasteiger partial charge on any atom is -0.334 e. The lowest BCUT2D eigenvalue weighted by Crippen LogP contribution is -2.20. The Morgan fingerprint density at radius 2 is 1.29 bits per heavy atom. The quantitative estimate of drug-likeness (QED) is 0.317. The third kappa shape index (κ3) is 19.2. The second-order valence-electron chi connectivity index (χ2n) is 6.28. The highest BCUT2D eigenvalue weighted by Gasteiger charge is 2.10. The third-order valence-corrected chi connectivity index (χ3v) is 4.27. The highest BCUT2D eigenvalue weighted by Crippen LogP contribution is 2.10. The Labute approximate surface area is 148 Å². The van der Waals surface area contributed by atoms with Gasteiger partial charge in [0.1, 0.15) is 0 Å². The molecule has 0 bridgehead atoms. The predicted molar refractivity (Wildman–Crippen MR) is 98.7 cm³/mol. The van der Waals surface area contributed by atoms with Crippen LogP contribution >= 0.6 is 0 Å². The molecule has 0 saturated heterocycles. The largest absolute Gasteiger partial charge is 0.382 e. The molecule has 0 amide bonds. The highest BCUT2D eigenvalue weighted by molar-refractivity contribution is 7.84. The summed E-state index contributed by atoms with van der Waals surface area (Å²) in [6.07, 6.45) is 19.9. The van der Waals surface area contributed by atoms with Crippen molar-refractivity contribution in [2.24, 2.45) is 5.14 Å². The van der Waals surface area contributed by atoms with Crippen molar-refractivity contribution in [2.45, 2.75) is 96.8 Å². The van der Waals surface area contributed by atoms with Gasteiger partial charge in [-0.25, -0.2) is 0 Å². The Bertz CT molecular complexity index is 432. The van der Waals surface area contributed by atoms with Crippen molar-refractivity contribution >= 4 is 16.3 Å². The lowest BCUT2D eigenvalue weighted by molar-refractivity contribution is -0.133. The molecule has 0 spiro atoms. The molecule has 6 heteroatoms. The highest BCUT2D eigenvalue weighted by atomic mass is 32.2. The summed E-state index contributed by atoms with van der Waals surface area (Å²) >= 11 is 0. The maximum atomic E-state index is 11.1. The van der Waals surface area contributed by atoms with E-state index >= 15 is 0 Å². The molecular weight excluding hydrogens is 326 g/mol. The molecular formula is C18H35NO4S. The van der Waals surface area contributed by atoms with Crippen molar-refractivity contribution in [3.8, 4) is 0 Å². The summed E-state index contributed by atoms with van der Waals surface area (Å²) in [5.74, 6) is -0.768. The Kier molecular flexibility index (Phi) is 15.1. The first-order valence-electron chi connectivity index (χ1n) is 9.35. The molecule has 0 saturated carbocycles. The van der Waals surface area contributed by atoms with Gasteiger partial charge in [-0.2, -0.15) is 13.6 Å². The Morgan fingerprint density at radius 1 is 0.833 bits per heavy atom. The van der Waals surface area contributed by atoms with Crippen molar-refractivity contribution in [2.75, 3.05) is 0 Å². The van der Waals surface area contributed by atoms with Crippen molar-refractivity contribution in [1.82, 2.24) is 0 Å². The molecule has 0 aliphatic carbocycles. The minimum atomic E-state index is -4.15. The molecule has 0 aliphatic heterocycles. The second-order valence-corrected chi connectivity index (χ2v) is 7.43. The van der Waals surface area contributed by atoms with E-state index in [1.807, 2.05) is 0 Å². The zero-order valence-electron chi connectivity index (χ0n) is 15.2.